The minimum Gasteiger partial charge on any atom is -0.456 e. The lowest BCUT2D eigenvalue weighted by Gasteiger charge is -2.45. The number of ketones is 1. The molecule has 0 spiro atoms. The van der Waals surface area contributed by atoms with Crippen molar-refractivity contribution in [3.8, 4) is 0 Å². The SMILES string of the molecule is CC(C)(C)C(=O)COC(=O)[C@H](Cc1ccccc1)N1C(=O)[C@H]2C3c4ccccc4C(c4ccccc43)[C@@H]2C1=O. The topological polar surface area (TPSA) is 80.8 Å². The van der Waals surface area contributed by atoms with Crippen LogP contribution >= 0.6 is 0 Å². The van der Waals surface area contributed by atoms with Crippen LogP contribution in [-0.2, 0) is 30.3 Å². The quantitative estimate of drug-likeness (QED) is 0.349. The van der Waals surface area contributed by atoms with Crippen LogP contribution < -0.4 is 0 Å². The lowest BCUT2D eigenvalue weighted by Crippen LogP contribution is -2.48. The molecular weight excluding hydrogens is 490 g/mol. The molecule has 1 saturated heterocycles. The second-order valence-electron chi connectivity index (χ2n) is 11.8. The van der Waals surface area contributed by atoms with Gasteiger partial charge in [-0.3, -0.25) is 19.3 Å². The average molecular weight is 522 g/mol. The molecule has 0 unspecified atom stereocenters. The van der Waals surface area contributed by atoms with Gasteiger partial charge < -0.3 is 4.74 Å². The van der Waals surface area contributed by atoms with Crippen molar-refractivity contribution < 1.29 is 23.9 Å². The second-order valence-corrected chi connectivity index (χ2v) is 11.8. The second kappa shape index (κ2) is 9.30. The van der Waals surface area contributed by atoms with Crippen LogP contribution in [0.3, 0.4) is 0 Å². The zero-order chi connectivity index (χ0) is 27.5. The molecule has 0 saturated carbocycles. The Morgan fingerprint density at radius 3 is 1.62 bits per heavy atom. The van der Waals surface area contributed by atoms with Crippen LogP contribution in [0.4, 0.5) is 0 Å². The maximum absolute atomic E-state index is 14.2. The molecule has 198 valence electrons. The molecule has 2 amide bonds. The number of hydrogen-bond acceptors (Lipinski definition) is 5. The number of benzene rings is 3. The summed E-state index contributed by atoms with van der Waals surface area (Å²) in [5, 5.41) is 0. The Balaban J connectivity index is 1.39. The molecule has 2 bridgehead atoms. The summed E-state index contributed by atoms with van der Waals surface area (Å²) < 4.78 is 5.49. The van der Waals surface area contributed by atoms with Gasteiger partial charge in [-0.2, -0.15) is 0 Å². The normalized spacial score (nSPS) is 23.6. The summed E-state index contributed by atoms with van der Waals surface area (Å²) in [5.74, 6) is -3.35. The number of ether oxygens (including phenoxy) is 1. The van der Waals surface area contributed by atoms with Crippen LogP contribution in [0.2, 0.25) is 0 Å². The van der Waals surface area contributed by atoms with E-state index in [0.29, 0.717) is 0 Å². The van der Waals surface area contributed by atoms with Crippen molar-refractivity contribution in [1.82, 2.24) is 4.90 Å². The van der Waals surface area contributed by atoms with E-state index in [1.165, 1.54) is 0 Å². The number of nitrogens with zero attached hydrogens (tertiary/aromatic N) is 1. The van der Waals surface area contributed by atoms with Gasteiger partial charge in [0.1, 0.15) is 6.04 Å². The van der Waals surface area contributed by atoms with Crippen LogP contribution in [0, 0.1) is 17.3 Å². The third-order valence-corrected chi connectivity index (χ3v) is 8.52. The van der Waals surface area contributed by atoms with Gasteiger partial charge >= 0.3 is 5.97 Å². The Labute approximate surface area is 228 Å². The first-order valence-electron chi connectivity index (χ1n) is 13.5. The maximum atomic E-state index is 14.2. The van der Waals surface area contributed by atoms with E-state index in [-0.39, 0.29) is 35.9 Å². The fourth-order valence-corrected chi connectivity index (χ4v) is 6.57. The van der Waals surface area contributed by atoms with Gasteiger partial charge in [0.15, 0.2) is 12.4 Å². The van der Waals surface area contributed by atoms with Crippen LogP contribution in [0.1, 0.15) is 60.4 Å². The Morgan fingerprint density at radius 1 is 0.744 bits per heavy atom. The number of amides is 2. The van der Waals surface area contributed by atoms with Gasteiger partial charge in [-0.1, -0.05) is 99.6 Å². The molecule has 3 aromatic carbocycles. The largest absolute Gasteiger partial charge is 0.456 e. The lowest BCUT2D eigenvalue weighted by atomic mass is 9.55. The highest BCUT2D eigenvalue weighted by Gasteiger charge is 2.63. The molecule has 3 aromatic rings. The van der Waals surface area contributed by atoms with E-state index in [4.69, 9.17) is 4.74 Å². The molecule has 3 aliphatic carbocycles. The van der Waals surface area contributed by atoms with Gasteiger partial charge in [-0.05, 0) is 27.8 Å². The van der Waals surface area contributed by atoms with Gasteiger partial charge in [-0.25, -0.2) is 4.79 Å². The number of hydrogen-bond donors (Lipinski definition) is 0. The molecule has 1 fully saturated rings. The highest BCUT2D eigenvalue weighted by molar-refractivity contribution is 6.10. The van der Waals surface area contributed by atoms with Crippen molar-refractivity contribution in [3.05, 3.63) is 107 Å². The number of carbonyl (C=O) groups is 4. The third-order valence-electron chi connectivity index (χ3n) is 8.52. The van der Waals surface area contributed by atoms with E-state index < -0.39 is 35.9 Å². The van der Waals surface area contributed by atoms with E-state index in [1.807, 2.05) is 78.9 Å². The number of likely N-dealkylation sites (tertiary alicyclic amines) is 1. The zero-order valence-electron chi connectivity index (χ0n) is 22.3. The van der Waals surface area contributed by atoms with Crippen LogP contribution in [0.5, 0.6) is 0 Å². The van der Waals surface area contributed by atoms with E-state index in [0.717, 1.165) is 32.7 Å². The van der Waals surface area contributed by atoms with Crippen LogP contribution in [0.25, 0.3) is 0 Å². The average Bonchev–Trinajstić information content (AvgIpc) is 3.20. The summed E-state index contributed by atoms with van der Waals surface area (Å²) in [6.07, 6.45) is 0.121. The molecule has 4 aliphatic rings. The van der Waals surface area contributed by atoms with Crippen LogP contribution in [-0.4, -0.2) is 41.1 Å². The predicted octanol–water partition coefficient (Wildman–Crippen LogP) is 4.65. The number of Topliss-reactive ketones (excluding diaryl/α,β-unsaturated/α-hetero) is 1. The molecule has 0 N–H and O–H groups in total. The molecule has 0 aromatic heterocycles. The molecule has 3 atom stereocenters. The van der Waals surface area contributed by atoms with Gasteiger partial charge in [-0.15, -0.1) is 0 Å². The first-order chi connectivity index (χ1) is 18.7. The smallest absolute Gasteiger partial charge is 0.330 e. The Hall–Kier alpha value is -4.06. The van der Waals surface area contributed by atoms with E-state index >= 15 is 0 Å². The fourth-order valence-electron chi connectivity index (χ4n) is 6.57. The lowest BCUT2D eigenvalue weighted by molar-refractivity contribution is -0.161. The first kappa shape index (κ1) is 25.2. The number of rotatable bonds is 6. The molecule has 39 heavy (non-hydrogen) atoms. The minimum absolute atomic E-state index is 0.121. The Morgan fingerprint density at radius 2 is 1.18 bits per heavy atom. The van der Waals surface area contributed by atoms with Crippen molar-refractivity contribution in [2.24, 2.45) is 17.3 Å². The Kier molecular flexibility index (Phi) is 6.01. The molecule has 7 rings (SSSR count). The molecule has 0 radical (unpaired) electrons. The maximum Gasteiger partial charge on any atom is 0.330 e. The van der Waals surface area contributed by atoms with Crippen molar-refractivity contribution in [1.29, 1.82) is 0 Å². The summed E-state index contributed by atoms with van der Waals surface area (Å²) in [4.78, 5) is 55.7. The predicted molar refractivity (Wildman–Crippen MR) is 145 cm³/mol. The van der Waals surface area contributed by atoms with Gasteiger partial charge in [0.2, 0.25) is 11.8 Å². The molecule has 6 heteroatoms. The van der Waals surface area contributed by atoms with Crippen molar-refractivity contribution >= 4 is 23.6 Å². The summed E-state index contributed by atoms with van der Waals surface area (Å²) >= 11 is 0. The van der Waals surface area contributed by atoms with Gasteiger partial charge in [0, 0.05) is 23.7 Å². The molecule has 1 heterocycles. The van der Waals surface area contributed by atoms with E-state index in [2.05, 4.69) is 0 Å². The minimum atomic E-state index is -1.16. The van der Waals surface area contributed by atoms with Crippen molar-refractivity contribution in [2.45, 2.75) is 45.1 Å². The van der Waals surface area contributed by atoms with Gasteiger partial charge in [0.25, 0.3) is 0 Å². The first-order valence-corrected chi connectivity index (χ1v) is 13.5. The number of esters is 1. The van der Waals surface area contributed by atoms with E-state index in [9.17, 15) is 19.2 Å². The summed E-state index contributed by atoms with van der Waals surface area (Å²) in [6, 6.07) is 24.2. The van der Waals surface area contributed by atoms with E-state index in [1.54, 1.807) is 20.8 Å². The number of carbonyl (C=O) groups excluding carboxylic acids is 4. The standard InChI is InChI=1S/C33H31NO5/c1-33(2,3)25(35)18-39-32(38)24(17-19-11-5-4-6-12-19)34-30(36)28-26-20-13-7-8-14-21(20)27(29(28)31(34)37)23-16-10-9-15-22(23)26/h4-16,24,26-29H,17-18H2,1-3H3/t24-,26?,27?,28-,29-/m0/s1. The molecular formula is C33H31NO5. The van der Waals surface area contributed by atoms with Crippen LogP contribution in [0.15, 0.2) is 78.9 Å². The summed E-state index contributed by atoms with van der Waals surface area (Å²) in [6.45, 7) is 4.87. The van der Waals surface area contributed by atoms with Gasteiger partial charge in [0.05, 0.1) is 11.8 Å². The summed E-state index contributed by atoms with van der Waals surface area (Å²) in [7, 11) is 0. The van der Waals surface area contributed by atoms with Crippen molar-refractivity contribution in [3.63, 3.8) is 0 Å². The summed E-state index contributed by atoms with van der Waals surface area (Å²) in [5.41, 5.74) is 4.41. The zero-order valence-corrected chi connectivity index (χ0v) is 22.3. The Bertz CT molecular complexity index is 1370. The molecule has 6 nitrogen and oxygen atoms in total. The number of imide groups is 1. The monoisotopic (exact) mass is 521 g/mol. The third kappa shape index (κ3) is 4.01. The fraction of sp³-hybridized carbons (Fsp3) is 0.333. The molecule has 1 aliphatic heterocycles. The highest BCUT2D eigenvalue weighted by Crippen LogP contribution is 2.61. The van der Waals surface area contributed by atoms with Crippen molar-refractivity contribution in [2.75, 3.05) is 6.61 Å². The highest BCUT2D eigenvalue weighted by atomic mass is 16.5.